The Morgan fingerprint density at radius 3 is 1.96 bits per heavy atom. The van der Waals surface area contributed by atoms with E-state index in [0.717, 1.165) is 0 Å². The molecule has 0 atom stereocenters. The highest BCUT2D eigenvalue weighted by Crippen LogP contribution is 2.22. The van der Waals surface area contributed by atoms with Crippen LogP contribution in [0, 0.1) is 0 Å². The first-order valence-corrected chi connectivity index (χ1v) is 8.39. The predicted octanol–water partition coefficient (Wildman–Crippen LogP) is 5.32. The van der Waals surface area contributed by atoms with Gasteiger partial charge in [-0.1, -0.05) is 34.8 Å². The number of rotatable bonds is 0. The molecule has 126 valence electrons. The Hall–Kier alpha value is -1.57. The lowest BCUT2D eigenvalue weighted by molar-refractivity contribution is 1.20. The number of halogens is 5. The van der Waals surface area contributed by atoms with Gasteiger partial charge in [0.2, 0.25) is 10.6 Å². The third-order valence-corrected chi connectivity index (χ3v) is 3.83. The van der Waals surface area contributed by atoms with Crippen molar-refractivity contribution in [3.8, 4) is 0 Å². The average Bonchev–Trinajstić information content (AvgIpc) is 2.54. The van der Waals surface area contributed by atoms with Gasteiger partial charge in [-0.2, -0.15) is 0 Å². The number of nitrogens with zero attached hydrogens (tertiary/aromatic N) is 6. The standard InChI is InChI=1S/C7H2Cl3N3.C7H3Cl2N3/c8-3-1-4-5(11-2-3)6(9)13-7(10)12-4;8-4-1-5-6(10-2-4)3-11-7(9)12-5/h1-2H;1-3H. The summed E-state index contributed by atoms with van der Waals surface area (Å²) >= 11 is 28.4. The SMILES string of the molecule is Clc1cnc2c(Cl)nc(Cl)nc2c1.Clc1cnc2cnc(Cl)nc2c1. The Balaban J connectivity index is 0.000000146. The average molecular weight is 435 g/mol. The molecule has 4 aromatic rings. The molecule has 4 heterocycles. The lowest BCUT2D eigenvalue weighted by atomic mass is 10.4. The van der Waals surface area contributed by atoms with E-state index < -0.39 is 0 Å². The largest absolute Gasteiger partial charge is 0.251 e. The van der Waals surface area contributed by atoms with Crippen LogP contribution in [-0.2, 0) is 0 Å². The summed E-state index contributed by atoms with van der Waals surface area (Å²) in [7, 11) is 0. The van der Waals surface area contributed by atoms with Gasteiger partial charge in [0.25, 0.3) is 0 Å². The van der Waals surface area contributed by atoms with E-state index in [9.17, 15) is 0 Å². The summed E-state index contributed by atoms with van der Waals surface area (Å²) in [5.41, 5.74) is 2.37. The molecule has 0 aliphatic heterocycles. The van der Waals surface area contributed by atoms with Crippen LogP contribution in [-0.4, -0.2) is 29.9 Å². The van der Waals surface area contributed by atoms with Gasteiger partial charge in [0.05, 0.1) is 27.3 Å². The molecule has 11 heteroatoms. The quantitative estimate of drug-likeness (QED) is 0.275. The summed E-state index contributed by atoms with van der Waals surface area (Å²) in [6, 6.07) is 3.32. The third-order valence-electron chi connectivity index (χ3n) is 2.80. The monoisotopic (exact) mass is 432 g/mol. The third kappa shape index (κ3) is 4.54. The summed E-state index contributed by atoms with van der Waals surface area (Å²) in [5.74, 6) is 0. The zero-order valence-electron chi connectivity index (χ0n) is 12.0. The molecule has 0 aliphatic carbocycles. The highest BCUT2D eigenvalue weighted by Gasteiger charge is 2.05. The number of aromatic nitrogens is 6. The molecular weight excluding hydrogens is 429 g/mol. The number of pyridine rings is 2. The highest BCUT2D eigenvalue weighted by molar-refractivity contribution is 6.36. The van der Waals surface area contributed by atoms with Gasteiger partial charge in [0.1, 0.15) is 11.0 Å². The fraction of sp³-hybridized carbons (Fsp3) is 0. The normalized spacial score (nSPS) is 10.6. The van der Waals surface area contributed by atoms with Crippen molar-refractivity contribution in [1.29, 1.82) is 0 Å². The van der Waals surface area contributed by atoms with Crippen molar-refractivity contribution in [3.05, 3.63) is 56.5 Å². The second-order valence-corrected chi connectivity index (χ2v) is 6.41. The Morgan fingerprint density at radius 1 is 0.560 bits per heavy atom. The van der Waals surface area contributed by atoms with E-state index in [4.69, 9.17) is 58.0 Å². The van der Waals surface area contributed by atoms with Crippen LogP contribution in [0.3, 0.4) is 0 Å². The van der Waals surface area contributed by atoms with Gasteiger partial charge in [-0.25, -0.2) is 24.9 Å². The molecule has 0 saturated heterocycles. The van der Waals surface area contributed by atoms with Crippen LogP contribution in [0.4, 0.5) is 0 Å². The highest BCUT2D eigenvalue weighted by atomic mass is 35.5. The van der Waals surface area contributed by atoms with Crippen LogP contribution >= 0.6 is 58.0 Å². The molecule has 0 N–H and O–H groups in total. The van der Waals surface area contributed by atoms with E-state index in [1.165, 1.54) is 6.20 Å². The summed E-state index contributed by atoms with van der Waals surface area (Å²) in [6.07, 6.45) is 4.58. The molecule has 0 spiro atoms. The Kier molecular flexibility index (Phi) is 5.66. The maximum absolute atomic E-state index is 5.77. The molecule has 25 heavy (non-hydrogen) atoms. The molecule has 0 aliphatic rings. The topological polar surface area (TPSA) is 77.3 Å². The zero-order valence-corrected chi connectivity index (χ0v) is 15.7. The van der Waals surface area contributed by atoms with Gasteiger partial charge in [-0.05, 0) is 35.3 Å². The second kappa shape index (κ2) is 7.76. The molecule has 0 fully saturated rings. The van der Waals surface area contributed by atoms with Crippen molar-refractivity contribution in [3.63, 3.8) is 0 Å². The number of hydrogen-bond donors (Lipinski definition) is 0. The predicted molar refractivity (Wildman–Crippen MR) is 99.7 cm³/mol. The lowest BCUT2D eigenvalue weighted by Crippen LogP contribution is -1.88. The van der Waals surface area contributed by atoms with Crippen LogP contribution < -0.4 is 0 Å². The summed E-state index contributed by atoms with van der Waals surface area (Å²) in [6.45, 7) is 0. The first-order chi connectivity index (χ1) is 11.9. The minimum atomic E-state index is 0.0848. The molecule has 0 saturated carbocycles. The first kappa shape index (κ1) is 18.2. The molecule has 4 aromatic heterocycles. The minimum Gasteiger partial charge on any atom is -0.251 e. The maximum atomic E-state index is 5.77. The van der Waals surface area contributed by atoms with Crippen LogP contribution in [0.5, 0.6) is 0 Å². The van der Waals surface area contributed by atoms with Crippen molar-refractivity contribution in [1.82, 2.24) is 29.9 Å². The van der Waals surface area contributed by atoms with Gasteiger partial charge >= 0.3 is 0 Å². The maximum Gasteiger partial charge on any atom is 0.224 e. The van der Waals surface area contributed by atoms with Crippen molar-refractivity contribution >= 4 is 80.1 Å². The zero-order chi connectivity index (χ0) is 18.0. The van der Waals surface area contributed by atoms with Crippen molar-refractivity contribution in [2.75, 3.05) is 0 Å². The molecular formula is C14H5Cl5N6. The van der Waals surface area contributed by atoms with Gasteiger partial charge in [-0.3, -0.25) is 4.98 Å². The summed E-state index contributed by atoms with van der Waals surface area (Å²) < 4.78 is 0. The Labute approximate surface area is 166 Å². The molecule has 0 bridgehead atoms. The van der Waals surface area contributed by atoms with Gasteiger partial charge in [0.15, 0.2) is 5.15 Å². The molecule has 0 unspecified atom stereocenters. The smallest absolute Gasteiger partial charge is 0.224 e. The van der Waals surface area contributed by atoms with E-state index in [2.05, 4.69) is 29.9 Å². The molecule has 6 nitrogen and oxygen atoms in total. The van der Waals surface area contributed by atoms with Gasteiger partial charge in [0, 0.05) is 12.4 Å². The van der Waals surface area contributed by atoms with E-state index in [-0.39, 0.29) is 15.7 Å². The molecule has 0 amide bonds. The van der Waals surface area contributed by atoms with Gasteiger partial charge in [-0.15, -0.1) is 0 Å². The molecule has 0 aromatic carbocycles. The summed E-state index contributed by atoms with van der Waals surface area (Å²) in [4.78, 5) is 23.4. The first-order valence-electron chi connectivity index (χ1n) is 6.50. The Morgan fingerprint density at radius 2 is 1.20 bits per heavy atom. The molecule has 4 rings (SSSR count). The van der Waals surface area contributed by atoms with Crippen LogP contribution in [0.1, 0.15) is 0 Å². The number of hydrogen-bond acceptors (Lipinski definition) is 6. The fourth-order valence-electron chi connectivity index (χ4n) is 1.80. The van der Waals surface area contributed by atoms with E-state index in [0.29, 0.717) is 32.1 Å². The van der Waals surface area contributed by atoms with Crippen molar-refractivity contribution < 1.29 is 0 Å². The minimum absolute atomic E-state index is 0.0848. The number of fused-ring (bicyclic) bond motifs is 2. The van der Waals surface area contributed by atoms with E-state index in [1.807, 2.05) is 0 Å². The van der Waals surface area contributed by atoms with Crippen molar-refractivity contribution in [2.45, 2.75) is 0 Å². The summed E-state index contributed by atoms with van der Waals surface area (Å²) in [5, 5.41) is 1.54. The molecule has 0 radical (unpaired) electrons. The van der Waals surface area contributed by atoms with Crippen LogP contribution in [0.25, 0.3) is 22.1 Å². The van der Waals surface area contributed by atoms with E-state index in [1.54, 1.807) is 24.5 Å². The second-order valence-electron chi connectivity index (χ2n) is 4.50. The van der Waals surface area contributed by atoms with Gasteiger partial charge < -0.3 is 0 Å². The van der Waals surface area contributed by atoms with Crippen LogP contribution in [0.15, 0.2) is 30.7 Å². The van der Waals surface area contributed by atoms with Crippen LogP contribution in [0.2, 0.25) is 25.8 Å². The Bertz CT molecular complexity index is 1030. The van der Waals surface area contributed by atoms with E-state index >= 15 is 0 Å². The lowest BCUT2D eigenvalue weighted by Gasteiger charge is -1.98. The van der Waals surface area contributed by atoms with Crippen molar-refractivity contribution in [2.24, 2.45) is 0 Å². The fourth-order valence-corrected chi connectivity index (χ4v) is 2.69.